The SMILES string of the molecule is C1CCC(N2CO[C@H]3CCCC[C@@H]32)CC1. The topological polar surface area (TPSA) is 12.5 Å². The fourth-order valence-corrected chi connectivity index (χ4v) is 3.72. The Morgan fingerprint density at radius 1 is 0.800 bits per heavy atom. The molecule has 3 fully saturated rings. The summed E-state index contributed by atoms with van der Waals surface area (Å²) in [6, 6.07) is 1.63. The second-order valence-corrected chi connectivity index (χ2v) is 5.49. The van der Waals surface area contributed by atoms with Crippen molar-refractivity contribution in [2.45, 2.75) is 76.0 Å². The Kier molecular flexibility index (Phi) is 2.98. The first kappa shape index (κ1) is 10.1. The molecule has 0 N–H and O–H groups in total. The predicted octanol–water partition coefficient (Wildman–Crippen LogP) is 2.92. The monoisotopic (exact) mass is 209 g/mol. The van der Waals surface area contributed by atoms with E-state index < -0.39 is 0 Å². The molecule has 3 aliphatic rings. The smallest absolute Gasteiger partial charge is 0.100 e. The lowest BCUT2D eigenvalue weighted by atomic mass is 9.88. The molecular weight excluding hydrogens is 186 g/mol. The molecule has 86 valence electrons. The Morgan fingerprint density at radius 3 is 2.40 bits per heavy atom. The minimum atomic E-state index is 0.584. The minimum absolute atomic E-state index is 0.584. The summed E-state index contributed by atoms with van der Waals surface area (Å²) >= 11 is 0. The van der Waals surface area contributed by atoms with Crippen molar-refractivity contribution < 1.29 is 4.74 Å². The normalized spacial score (nSPS) is 39.2. The number of fused-ring (bicyclic) bond motifs is 1. The lowest BCUT2D eigenvalue weighted by molar-refractivity contribution is 0.0663. The average Bonchev–Trinajstić information content (AvgIpc) is 2.74. The molecule has 1 aliphatic heterocycles. The molecule has 0 spiro atoms. The van der Waals surface area contributed by atoms with Gasteiger partial charge in [-0.1, -0.05) is 32.1 Å². The van der Waals surface area contributed by atoms with E-state index in [0.29, 0.717) is 6.10 Å². The second-order valence-electron chi connectivity index (χ2n) is 5.49. The molecule has 2 saturated carbocycles. The van der Waals surface area contributed by atoms with Gasteiger partial charge < -0.3 is 4.74 Å². The van der Waals surface area contributed by atoms with E-state index in [9.17, 15) is 0 Å². The van der Waals surface area contributed by atoms with Crippen molar-refractivity contribution in [3.63, 3.8) is 0 Å². The molecule has 2 nitrogen and oxygen atoms in total. The van der Waals surface area contributed by atoms with Crippen LogP contribution >= 0.6 is 0 Å². The fraction of sp³-hybridized carbons (Fsp3) is 1.00. The van der Waals surface area contributed by atoms with Crippen LogP contribution in [0.2, 0.25) is 0 Å². The van der Waals surface area contributed by atoms with E-state index in [4.69, 9.17) is 4.74 Å². The fourth-order valence-electron chi connectivity index (χ4n) is 3.72. The van der Waals surface area contributed by atoms with Crippen LogP contribution in [0.5, 0.6) is 0 Å². The van der Waals surface area contributed by atoms with Crippen LogP contribution in [0.1, 0.15) is 57.8 Å². The van der Waals surface area contributed by atoms with Gasteiger partial charge >= 0.3 is 0 Å². The predicted molar refractivity (Wildman–Crippen MR) is 60.7 cm³/mol. The highest BCUT2D eigenvalue weighted by Gasteiger charge is 2.39. The van der Waals surface area contributed by atoms with Gasteiger partial charge in [0, 0.05) is 12.1 Å². The number of rotatable bonds is 1. The molecule has 0 aromatic heterocycles. The maximum Gasteiger partial charge on any atom is 0.100 e. The summed E-state index contributed by atoms with van der Waals surface area (Å²) in [5.74, 6) is 0. The van der Waals surface area contributed by atoms with E-state index in [2.05, 4.69) is 4.90 Å². The van der Waals surface area contributed by atoms with Gasteiger partial charge in [-0.15, -0.1) is 0 Å². The van der Waals surface area contributed by atoms with Crippen molar-refractivity contribution >= 4 is 0 Å². The van der Waals surface area contributed by atoms with Gasteiger partial charge in [-0.25, -0.2) is 0 Å². The quantitative estimate of drug-likeness (QED) is 0.658. The van der Waals surface area contributed by atoms with Gasteiger partial charge in [-0.2, -0.15) is 0 Å². The van der Waals surface area contributed by atoms with Crippen molar-refractivity contribution in [3.8, 4) is 0 Å². The average molecular weight is 209 g/mol. The number of hydrogen-bond donors (Lipinski definition) is 0. The molecular formula is C13H23NO. The van der Waals surface area contributed by atoms with Crippen molar-refractivity contribution in [2.75, 3.05) is 6.73 Å². The third-order valence-electron chi connectivity index (χ3n) is 4.58. The summed E-state index contributed by atoms with van der Waals surface area (Å²) in [6.07, 6.45) is 13.3. The van der Waals surface area contributed by atoms with Crippen LogP contribution in [0.15, 0.2) is 0 Å². The molecule has 0 aromatic carbocycles. The van der Waals surface area contributed by atoms with E-state index in [1.165, 1.54) is 57.8 Å². The van der Waals surface area contributed by atoms with Crippen molar-refractivity contribution in [1.29, 1.82) is 0 Å². The summed E-state index contributed by atoms with van der Waals surface area (Å²) in [5.41, 5.74) is 0. The van der Waals surface area contributed by atoms with Crippen LogP contribution in [-0.4, -0.2) is 29.8 Å². The highest BCUT2D eigenvalue weighted by Crippen LogP contribution is 2.35. The molecule has 2 heteroatoms. The molecule has 1 heterocycles. The zero-order chi connectivity index (χ0) is 10.1. The Labute approximate surface area is 93.0 Å². The molecule has 0 unspecified atom stereocenters. The van der Waals surface area contributed by atoms with E-state index >= 15 is 0 Å². The maximum absolute atomic E-state index is 5.95. The van der Waals surface area contributed by atoms with Gasteiger partial charge in [-0.3, -0.25) is 4.90 Å². The van der Waals surface area contributed by atoms with Crippen LogP contribution in [0, 0.1) is 0 Å². The van der Waals surface area contributed by atoms with E-state index in [0.717, 1.165) is 18.8 Å². The van der Waals surface area contributed by atoms with Crippen LogP contribution in [0.25, 0.3) is 0 Å². The summed E-state index contributed by atoms with van der Waals surface area (Å²) in [4.78, 5) is 2.70. The van der Waals surface area contributed by atoms with Crippen LogP contribution in [0.3, 0.4) is 0 Å². The standard InChI is InChI=1S/C13H23NO/c1-2-6-11(7-3-1)14-10-15-13-9-5-4-8-12(13)14/h11-13H,1-10H2/t12-,13-/m0/s1. The Balaban J connectivity index is 1.65. The first-order valence-corrected chi connectivity index (χ1v) is 6.82. The van der Waals surface area contributed by atoms with E-state index in [1.54, 1.807) is 0 Å². The van der Waals surface area contributed by atoms with Gasteiger partial charge in [-0.05, 0) is 25.7 Å². The maximum atomic E-state index is 5.95. The third kappa shape index (κ3) is 1.94. The summed E-state index contributed by atoms with van der Waals surface area (Å²) < 4.78 is 5.95. The highest BCUT2D eigenvalue weighted by atomic mass is 16.5. The zero-order valence-corrected chi connectivity index (χ0v) is 9.66. The van der Waals surface area contributed by atoms with Gasteiger partial charge in [0.25, 0.3) is 0 Å². The van der Waals surface area contributed by atoms with Crippen LogP contribution in [0.4, 0.5) is 0 Å². The van der Waals surface area contributed by atoms with E-state index in [-0.39, 0.29) is 0 Å². The van der Waals surface area contributed by atoms with Gasteiger partial charge in [0.15, 0.2) is 0 Å². The van der Waals surface area contributed by atoms with Gasteiger partial charge in [0.05, 0.1) is 6.10 Å². The third-order valence-corrected chi connectivity index (χ3v) is 4.58. The molecule has 3 rings (SSSR count). The van der Waals surface area contributed by atoms with Crippen molar-refractivity contribution in [1.82, 2.24) is 4.90 Å². The van der Waals surface area contributed by atoms with Gasteiger partial charge in [0.1, 0.15) is 6.73 Å². The minimum Gasteiger partial charge on any atom is -0.361 e. The lowest BCUT2D eigenvalue weighted by Gasteiger charge is -2.36. The first-order chi connectivity index (χ1) is 7.45. The Morgan fingerprint density at radius 2 is 1.53 bits per heavy atom. The Bertz CT molecular complexity index is 213. The highest BCUT2D eigenvalue weighted by molar-refractivity contribution is 4.91. The van der Waals surface area contributed by atoms with E-state index in [1.807, 2.05) is 0 Å². The first-order valence-electron chi connectivity index (χ1n) is 6.82. The number of hydrogen-bond acceptors (Lipinski definition) is 2. The molecule has 0 radical (unpaired) electrons. The molecule has 15 heavy (non-hydrogen) atoms. The number of nitrogens with zero attached hydrogens (tertiary/aromatic N) is 1. The second kappa shape index (κ2) is 4.42. The van der Waals surface area contributed by atoms with Crippen molar-refractivity contribution in [2.24, 2.45) is 0 Å². The summed E-state index contributed by atoms with van der Waals surface area (Å²) in [6.45, 7) is 0.931. The summed E-state index contributed by atoms with van der Waals surface area (Å²) in [5, 5.41) is 0. The Hall–Kier alpha value is -0.0800. The lowest BCUT2D eigenvalue weighted by Crippen LogP contribution is -2.44. The van der Waals surface area contributed by atoms with Crippen LogP contribution < -0.4 is 0 Å². The van der Waals surface area contributed by atoms with Gasteiger partial charge in [0.2, 0.25) is 0 Å². The number of ether oxygens (including phenoxy) is 1. The molecule has 0 bridgehead atoms. The molecule has 1 saturated heterocycles. The molecule has 2 atom stereocenters. The zero-order valence-electron chi connectivity index (χ0n) is 9.66. The van der Waals surface area contributed by atoms with Crippen LogP contribution in [-0.2, 0) is 4.74 Å². The molecule has 0 amide bonds. The largest absolute Gasteiger partial charge is 0.361 e. The van der Waals surface area contributed by atoms with Crippen molar-refractivity contribution in [3.05, 3.63) is 0 Å². The molecule has 0 aromatic rings. The molecule has 2 aliphatic carbocycles. The summed E-state index contributed by atoms with van der Waals surface area (Å²) in [7, 11) is 0.